The number of aromatic nitrogens is 1. The highest BCUT2D eigenvalue weighted by atomic mass is 16.5. The number of para-hydroxylation sites is 1. The van der Waals surface area contributed by atoms with Gasteiger partial charge in [-0.05, 0) is 19.1 Å². The van der Waals surface area contributed by atoms with Crippen molar-refractivity contribution in [1.82, 2.24) is 10.5 Å². The molecule has 0 fully saturated rings. The number of rotatable bonds is 2. The standard InChI is InChI=1S/C10H10N2O2/c1-2-11-10(13)9-7-5-3-4-6-8(7)14-12-9/h3-6H,2H2,1H3,(H,11,13). The largest absolute Gasteiger partial charge is 0.355 e. The first-order chi connectivity index (χ1) is 6.83. The third kappa shape index (κ3) is 1.35. The molecule has 2 rings (SSSR count). The lowest BCUT2D eigenvalue weighted by molar-refractivity contribution is 0.0948. The van der Waals surface area contributed by atoms with E-state index in [4.69, 9.17) is 4.52 Å². The maximum absolute atomic E-state index is 11.5. The first kappa shape index (κ1) is 8.74. The highest BCUT2D eigenvalue weighted by Gasteiger charge is 2.13. The van der Waals surface area contributed by atoms with Gasteiger partial charge in [0.05, 0.1) is 5.39 Å². The van der Waals surface area contributed by atoms with Gasteiger partial charge in [0, 0.05) is 6.54 Å². The summed E-state index contributed by atoms with van der Waals surface area (Å²) < 4.78 is 5.01. The molecule has 1 aromatic carbocycles. The van der Waals surface area contributed by atoms with Gasteiger partial charge in [0.25, 0.3) is 5.91 Å². The van der Waals surface area contributed by atoms with Gasteiger partial charge in [-0.1, -0.05) is 17.3 Å². The topological polar surface area (TPSA) is 55.1 Å². The van der Waals surface area contributed by atoms with E-state index >= 15 is 0 Å². The number of nitrogens with one attached hydrogen (secondary N) is 1. The van der Waals surface area contributed by atoms with Crippen molar-refractivity contribution in [2.24, 2.45) is 0 Å². The second-order valence-electron chi connectivity index (χ2n) is 2.89. The quantitative estimate of drug-likeness (QED) is 0.782. The van der Waals surface area contributed by atoms with Crippen molar-refractivity contribution in [3.05, 3.63) is 30.0 Å². The monoisotopic (exact) mass is 190 g/mol. The van der Waals surface area contributed by atoms with Crippen molar-refractivity contribution >= 4 is 16.9 Å². The molecule has 0 aliphatic rings. The van der Waals surface area contributed by atoms with Crippen LogP contribution in [0.3, 0.4) is 0 Å². The second-order valence-corrected chi connectivity index (χ2v) is 2.89. The molecule has 0 spiro atoms. The van der Waals surface area contributed by atoms with Gasteiger partial charge in [-0.25, -0.2) is 0 Å². The molecule has 2 aromatic rings. The van der Waals surface area contributed by atoms with Crippen LogP contribution in [-0.4, -0.2) is 17.6 Å². The lowest BCUT2D eigenvalue weighted by Gasteiger charge is -1.96. The Hall–Kier alpha value is -1.84. The molecule has 0 unspecified atom stereocenters. The van der Waals surface area contributed by atoms with Crippen molar-refractivity contribution < 1.29 is 9.32 Å². The van der Waals surface area contributed by atoms with Gasteiger partial charge in [0.1, 0.15) is 0 Å². The Morgan fingerprint density at radius 3 is 3.07 bits per heavy atom. The Balaban J connectivity index is 2.47. The number of benzene rings is 1. The third-order valence-electron chi connectivity index (χ3n) is 1.93. The van der Waals surface area contributed by atoms with Gasteiger partial charge in [0.2, 0.25) is 0 Å². The van der Waals surface area contributed by atoms with Crippen LogP contribution in [0.25, 0.3) is 11.0 Å². The Labute approximate surface area is 80.9 Å². The summed E-state index contributed by atoms with van der Waals surface area (Å²) in [5.74, 6) is -0.197. The highest BCUT2D eigenvalue weighted by Crippen LogP contribution is 2.17. The fourth-order valence-electron chi connectivity index (χ4n) is 1.29. The minimum atomic E-state index is -0.197. The smallest absolute Gasteiger partial charge is 0.274 e. The maximum atomic E-state index is 11.5. The second kappa shape index (κ2) is 3.49. The molecule has 0 atom stereocenters. The number of hydrogen-bond donors (Lipinski definition) is 1. The molecule has 0 aliphatic heterocycles. The molecule has 4 heteroatoms. The van der Waals surface area contributed by atoms with E-state index in [0.717, 1.165) is 5.39 Å². The number of fused-ring (bicyclic) bond motifs is 1. The lowest BCUT2D eigenvalue weighted by Crippen LogP contribution is -2.23. The Morgan fingerprint density at radius 1 is 1.50 bits per heavy atom. The predicted octanol–water partition coefficient (Wildman–Crippen LogP) is 1.58. The fourth-order valence-corrected chi connectivity index (χ4v) is 1.29. The first-order valence-electron chi connectivity index (χ1n) is 4.45. The molecular weight excluding hydrogens is 180 g/mol. The zero-order valence-corrected chi connectivity index (χ0v) is 7.78. The summed E-state index contributed by atoms with van der Waals surface area (Å²) in [6.45, 7) is 2.44. The minimum absolute atomic E-state index is 0.197. The van der Waals surface area contributed by atoms with Crippen molar-refractivity contribution in [2.75, 3.05) is 6.54 Å². The van der Waals surface area contributed by atoms with Crippen molar-refractivity contribution in [3.63, 3.8) is 0 Å². The van der Waals surface area contributed by atoms with Gasteiger partial charge < -0.3 is 9.84 Å². The normalized spacial score (nSPS) is 10.4. The van der Waals surface area contributed by atoms with E-state index in [9.17, 15) is 4.79 Å². The van der Waals surface area contributed by atoms with E-state index < -0.39 is 0 Å². The molecule has 14 heavy (non-hydrogen) atoms. The van der Waals surface area contributed by atoms with Crippen LogP contribution < -0.4 is 5.32 Å². The first-order valence-corrected chi connectivity index (χ1v) is 4.45. The van der Waals surface area contributed by atoms with Crippen LogP contribution >= 0.6 is 0 Å². The summed E-state index contributed by atoms with van der Waals surface area (Å²) in [6, 6.07) is 7.29. The molecule has 4 nitrogen and oxygen atoms in total. The molecule has 0 saturated carbocycles. The van der Waals surface area contributed by atoms with Gasteiger partial charge in [0.15, 0.2) is 11.3 Å². The van der Waals surface area contributed by atoms with Gasteiger partial charge in [-0.3, -0.25) is 4.79 Å². The minimum Gasteiger partial charge on any atom is -0.355 e. The average Bonchev–Trinajstić information content (AvgIpc) is 2.61. The van der Waals surface area contributed by atoms with E-state index in [0.29, 0.717) is 17.8 Å². The number of carbonyl (C=O) groups is 1. The number of hydrogen-bond acceptors (Lipinski definition) is 3. The fraction of sp³-hybridized carbons (Fsp3) is 0.200. The van der Waals surface area contributed by atoms with E-state index in [2.05, 4.69) is 10.5 Å². The average molecular weight is 190 g/mol. The summed E-state index contributed by atoms with van der Waals surface area (Å²) in [6.07, 6.45) is 0. The SMILES string of the molecule is CCNC(=O)c1noc2ccccc12. The van der Waals surface area contributed by atoms with Crippen LogP contribution in [0.2, 0.25) is 0 Å². The van der Waals surface area contributed by atoms with E-state index in [1.54, 1.807) is 6.07 Å². The van der Waals surface area contributed by atoms with Gasteiger partial charge >= 0.3 is 0 Å². The van der Waals surface area contributed by atoms with Crippen molar-refractivity contribution in [3.8, 4) is 0 Å². The molecular formula is C10H10N2O2. The summed E-state index contributed by atoms with van der Waals surface area (Å²) in [4.78, 5) is 11.5. The zero-order chi connectivity index (χ0) is 9.97. The van der Waals surface area contributed by atoms with Crippen molar-refractivity contribution in [1.29, 1.82) is 0 Å². The maximum Gasteiger partial charge on any atom is 0.274 e. The molecule has 0 saturated heterocycles. The van der Waals surface area contributed by atoms with Crippen LogP contribution in [0.15, 0.2) is 28.8 Å². The summed E-state index contributed by atoms with van der Waals surface area (Å²) in [5, 5.41) is 7.15. The van der Waals surface area contributed by atoms with Crippen LogP contribution in [-0.2, 0) is 0 Å². The van der Waals surface area contributed by atoms with E-state index in [-0.39, 0.29) is 5.91 Å². The molecule has 1 amide bonds. The predicted molar refractivity (Wildman–Crippen MR) is 52.0 cm³/mol. The summed E-state index contributed by atoms with van der Waals surface area (Å²) in [5.41, 5.74) is 0.983. The molecule has 0 radical (unpaired) electrons. The Bertz CT molecular complexity index is 462. The molecule has 1 N–H and O–H groups in total. The molecule has 1 heterocycles. The Morgan fingerprint density at radius 2 is 2.29 bits per heavy atom. The van der Waals surface area contributed by atoms with E-state index in [1.165, 1.54) is 0 Å². The van der Waals surface area contributed by atoms with Gasteiger partial charge in [-0.15, -0.1) is 0 Å². The summed E-state index contributed by atoms with van der Waals surface area (Å²) in [7, 11) is 0. The third-order valence-corrected chi connectivity index (χ3v) is 1.93. The summed E-state index contributed by atoms with van der Waals surface area (Å²) >= 11 is 0. The molecule has 1 aromatic heterocycles. The molecule has 72 valence electrons. The lowest BCUT2D eigenvalue weighted by atomic mass is 10.2. The van der Waals surface area contributed by atoms with E-state index in [1.807, 2.05) is 25.1 Å². The van der Waals surface area contributed by atoms with Crippen LogP contribution in [0.4, 0.5) is 0 Å². The number of carbonyl (C=O) groups excluding carboxylic acids is 1. The van der Waals surface area contributed by atoms with Gasteiger partial charge in [-0.2, -0.15) is 0 Å². The highest BCUT2D eigenvalue weighted by molar-refractivity contribution is 6.03. The molecule has 0 aliphatic carbocycles. The van der Waals surface area contributed by atoms with Crippen LogP contribution in [0.5, 0.6) is 0 Å². The Kier molecular flexibility index (Phi) is 2.18. The zero-order valence-electron chi connectivity index (χ0n) is 7.78. The van der Waals surface area contributed by atoms with Crippen LogP contribution in [0, 0.1) is 0 Å². The number of amides is 1. The number of nitrogens with zero attached hydrogens (tertiary/aromatic N) is 1. The molecule has 0 bridgehead atoms. The van der Waals surface area contributed by atoms with Crippen LogP contribution in [0.1, 0.15) is 17.4 Å². The van der Waals surface area contributed by atoms with Crippen molar-refractivity contribution in [2.45, 2.75) is 6.92 Å².